The first-order valence-electron chi connectivity index (χ1n) is 11.5. The van der Waals surface area contributed by atoms with Crippen LogP contribution in [0.3, 0.4) is 0 Å². The Kier molecular flexibility index (Phi) is 6.86. The van der Waals surface area contributed by atoms with E-state index >= 15 is 0 Å². The first-order valence-corrected chi connectivity index (χ1v) is 11.5. The van der Waals surface area contributed by atoms with E-state index < -0.39 is 5.41 Å². The first-order chi connectivity index (χ1) is 16.5. The normalized spacial score (nSPS) is 16.2. The van der Waals surface area contributed by atoms with Crippen molar-refractivity contribution in [2.24, 2.45) is 0 Å². The SMILES string of the molecule is COc1ccc(C2(C(=O)N3CCCN3C(=O)CCc3cc(OC)c(OC)c(OC)c3)CC2)cc1. The Balaban J connectivity index is 1.45. The van der Waals surface area contributed by atoms with Crippen molar-refractivity contribution >= 4 is 11.8 Å². The average molecular weight is 469 g/mol. The van der Waals surface area contributed by atoms with E-state index in [0.29, 0.717) is 36.8 Å². The molecule has 2 aromatic rings. The van der Waals surface area contributed by atoms with Crippen molar-refractivity contribution in [3.8, 4) is 23.0 Å². The molecule has 8 nitrogen and oxygen atoms in total. The third-order valence-electron chi connectivity index (χ3n) is 6.71. The van der Waals surface area contributed by atoms with E-state index in [1.807, 2.05) is 36.4 Å². The minimum Gasteiger partial charge on any atom is -0.497 e. The van der Waals surface area contributed by atoms with Crippen molar-refractivity contribution in [1.29, 1.82) is 0 Å². The summed E-state index contributed by atoms with van der Waals surface area (Å²) in [5.41, 5.74) is 1.35. The molecule has 1 saturated heterocycles. The lowest BCUT2D eigenvalue weighted by atomic mass is 9.94. The van der Waals surface area contributed by atoms with Crippen LogP contribution in [0.4, 0.5) is 0 Å². The van der Waals surface area contributed by atoms with Gasteiger partial charge in [0.15, 0.2) is 11.5 Å². The quantitative estimate of drug-likeness (QED) is 0.562. The molecule has 4 rings (SSSR count). The Morgan fingerprint density at radius 1 is 0.853 bits per heavy atom. The number of aryl methyl sites for hydroxylation is 1. The smallest absolute Gasteiger partial charge is 0.251 e. The van der Waals surface area contributed by atoms with Gasteiger partial charge in [-0.05, 0) is 61.1 Å². The third-order valence-corrected chi connectivity index (χ3v) is 6.71. The van der Waals surface area contributed by atoms with Crippen molar-refractivity contribution < 1.29 is 28.5 Å². The van der Waals surface area contributed by atoms with Crippen LogP contribution >= 0.6 is 0 Å². The van der Waals surface area contributed by atoms with Gasteiger partial charge in [-0.2, -0.15) is 0 Å². The topological polar surface area (TPSA) is 77.5 Å². The number of hydrogen-bond acceptors (Lipinski definition) is 6. The van der Waals surface area contributed by atoms with Crippen molar-refractivity contribution in [1.82, 2.24) is 10.0 Å². The fourth-order valence-electron chi connectivity index (χ4n) is 4.65. The second kappa shape index (κ2) is 9.83. The molecule has 0 radical (unpaired) electrons. The maximum atomic E-state index is 13.6. The van der Waals surface area contributed by atoms with E-state index in [4.69, 9.17) is 18.9 Å². The zero-order valence-electron chi connectivity index (χ0n) is 20.3. The summed E-state index contributed by atoms with van der Waals surface area (Å²) in [7, 11) is 6.31. The molecule has 2 aliphatic rings. The highest BCUT2D eigenvalue weighted by atomic mass is 16.5. The number of carbonyl (C=O) groups is 2. The number of amides is 2. The van der Waals surface area contributed by atoms with Crippen LogP contribution in [-0.4, -0.2) is 63.4 Å². The minimum absolute atomic E-state index is 0.0105. The summed E-state index contributed by atoms with van der Waals surface area (Å²) in [5.74, 6) is 2.33. The van der Waals surface area contributed by atoms with E-state index in [-0.39, 0.29) is 18.2 Å². The number of ether oxygens (including phenoxy) is 4. The summed E-state index contributed by atoms with van der Waals surface area (Å²) in [6, 6.07) is 11.4. The van der Waals surface area contributed by atoms with E-state index in [0.717, 1.165) is 36.1 Å². The van der Waals surface area contributed by atoms with Crippen molar-refractivity contribution in [2.75, 3.05) is 41.5 Å². The lowest BCUT2D eigenvalue weighted by molar-refractivity contribution is -0.159. The molecule has 0 bridgehead atoms. The van der Waals surface area contributed by atoms with Crippen LogP contribution in [0.2, 0.25) is 0 Å². The molecule has 2 aromatic carbocycles. The molecule has 2 fully saturated rings. The van der Waals surface area contributed by atoms with Gasteiger partial charge < -0.3 is 18.9 Å². The fourth-order valence-corrected chi connectivity index (χ4v) is 4.65. The lowest BCUT2D eigenvalue weighted by Gasteiger charge is -2.31. The van der Waals surface area contributed by atoms with Gasteiger partial charge in [-0.25, -0.2) is 0 Å². The van der Waals surface area contributed by atoms with E-state index in [2.05, 4.69) is 0 Å². The van der Waals surface area contributed by atoms with Gasteiger partial charge in [0.2, 0.25) is 11.7 Å². The molecule has 34 heavy (non-hydrogen) atoms. The van der Waals surface area contributed by atoms with Crippen LogP contribution < -0.4 is 18.9 Å². The standard InChI is InChI=1S/C26H32N2O6/c1-31-20-9-7-19(8-10-20)26(12-13-26)25(30)28-15-5-14-27(28)23(29)11-6-18-16-21(32-2)24(34-4)22(17-18)33-3/h7-10,16-17H,5-6,11-15H2,1-4H3. The molecule has 1 saturated carbocycles. The molecule has 0 unspecified atom stereocenters. The maximum Gasteiger partial charge on any atom is 0.251 e. The van der Waals surface area contributed by atoms with Crippen molar-refractivity contribution in [3.05, 3.63) is 47.5 Å². The number of benzene rings is 2. The second-order valence-corrected chi connectivity index (χ2v) is 8.64. The van der Waals surface area contributed by atoms with Crippen molar-refractivity contribution in [3.63, 3.8) is 0 Å². The van der Waals surface area contributed by atoms with Crippen LogP contribution in [0.1, 0.15) is 36.8 Å². The second-order valence-electron chi connectivity index (χ2n) is 8.64. The monoisotopic (exact) mass is 468 g/mol. The van der Waals surface area contributed by atoms with Gasteiger partial charge in [0.25, 0.3) is 5.91 Å². The van der Waals surface area contributed by atoms with Crippen molar-refractivity contribution in [2.45, 2.75) is 37.5 Å². The largest absolute Gasteiger partial charge is 0.497 e. The molecule has 0 aromatic heterocycles. The molecular weight excluding hydrogens is 436 g/mol. The molecule has 8 heteroatoms. The molecule has 1 heterocycles. The maximum absolute atomic E-state index is 13.6. The number of methoxy groups -OCH3 is 4. The fraction of sp³-hybridized carbons (Fsp3) is 0.462. The predicted octanol–water partition coefficient (Wildman–Crippen LogP) is 3.36. The van der Waals surface area contributed by atoms with E-state index in [1.165, 1.54) is 0 Å². The lowest BCUT2D eigenvalue weighted by Crippen LogP contribution is -2.49. The highest BCUT2D eigenvalue weighted by molar-refractivity contribution is 5.93. The number of nitrogens with zero attached hydrogens (tertiary/aromatic N) is 2. The number of rotatable bonds is 9. The van der Waals surface area contributed by atoms with Gasteiger partial charge >= 0.3 is 0 Å². The Morgan fingerprint density at radius 2 is 1.47 bits per heavy atom. The highest BCUT2D eigenvalue weighted by Crippen LogP contribution is 2.50. The summed E-state index contributed by atoms with van der Waals surface area (Å²) >= 11 is 0. The summed E-state index contributed by atoms with van der Waals surface area (Å²) < 4.78 is 21.4. The summed E-state index contributed by atoms with van der Waals surface area (Å²) in [6.45, 7) is 1.12. The molecule has 1 aliphatic heterocycles. The molecule has 0 spiro atoms. The van der Waals surface area contributed by atoms with Gasteiger partial charge in [0.1, 0.15) is 5.75 Å². The zero-order chi connectivity index (χ0) is 24.3. The average Bonchev–Trinajstić information content (AvgIpc) is 3.55. The Bertz CT molecular complexity index is 1020. The van der Waals surface area contributed by atoms with Crippen LogP contribution in [0.5, 0.6) is 23.0 Å². The Morgan fingerprint density at radius 3 is 2.00 bits per heavy atom. The Labute approximate surface area is 200 Å². The minimum atomic E-state index is -0.536. The molecule has 1 aliphatic carbocycles. The van der Waals surface area contributed by atoms with E-state index in [1.54, 1.807) is 38.5 Å². The van der Waals surface area contributed by atoms with Crippen LogP contribution in [0, 0.1) is 0 Å². The number of hydrazine groups is 1. The Hall–Kier alpha value is -3.42. The summed E-state index contributed by atoms with van der Waals surface area (Å²) in [6.07, 6.45) is 3.14. The van der Waals surface area contributed by atoms with Crippen LogP contribution in [-0.2, 0) is 21.4 Å². The van der Waals surface area contributed by atoms with Gasteiger partial charge in [0, 0.05) is 19.5 Å². The molecule has 0 atom stereocenters. The van der Waals surface area contributed by atoms with Gasteiger partial charge in [0.05, 0.1) is 33.9 Å². The molecule has 0 N–H and O–H groups in total. The molecule has 182 valence electrons. The van der Waals surface area contributed by atoms with Gasteiger partial charge in [-0.1, -0.05) is 12.1 Å². The zero-order valence-corrected chi connectivity index (χ0v) is 20.3. The summed E-state index contributed by atoms with van der Waals surface area (Å²) in [5, 5.41) is 3.29. The third kappa shape index (κ3) is 4.36. The van der Waals surface area contributed by atoms with Gasteiger partial charge in [-0.15, -0.1) is 0 Å². The van der Waals surface area contributed by atoms with Gasteiger partial charge in [-0.3, -0.25) is 19.6 Å². The highest BCUT2D eigenvalue weighted by Gasteiger charge is 2.54. The summed E-state index contributed by atoms with van der Waals surface area (Å²) in [4.78, 5) is 26.7. The number of hydrogen-bond donors (Lipinski definition) is 0. The van der Waals surface area contributed by atoms with E-state index in [9.17, 15) is 9.59 Å². The first kappa shape index (κ1) is 23.7. The number of carbonyl (C=O) groups excluding carboxylic acids is 2. The molecule has 2 amide bonds. The predicted molar refractivity (Wildman–Crippen MR) is 126 cm³/mol. The van der Waals surface area contributed by atoms with Crippen LogP contribution in [0.25, 0.3) is 0 Å². The molecular formula is C26H32N2O6. The van der Waals surface area contributed by atoms with Crippen LogP contribution in [0.15, 0.2) is 36.4 Å².